The van der Waals surface area contributed by atoms with Crippen LogP contribution in [0, 0.1) is 5.92 Å². The van der Waals surface area contributed by atoms with E-state index in [-0.39, 0.29) is 18.0 Å². The lowest BCUT2D eigenvalue weighted by atomic mass is 9.98. The van der Waals surface area contributed by atoms with Crippen molar-refractivity contribution in [2.75, 3.05) is 5.32 Å². The van der Waals surface area contributed by atoms with Gasteiger partial charge in [-0.15, -0.1) is 0 Å². The number of carbonyl (C=O) groups is 2. The molecule has 1 heterocycles. The average molecular weight is 566 g/mol. The van der Waals surface area contributed by atoms with Gasteiger partial charge in [-0.2, -0.15) is 13.2 Å². The average Bonchev–Trinajstić information content (AvgIpc) is 2.88. The number of nitrogens with zero attached hydrogens (tertiary/aromatic N) is 1. The third kappa shape index (κ3) is 8.08. The highest BCUT2D eigenvalue weighted by atomic mass is 35.5. The molecule has 2 amide bonds. The molecule has 0 aliphatic rings. The lowest BCUT2D eigenvalue weighted by molar-refractivity contribution is -0.215. The Morgan fingerprint density at radius 1 is 1.03 bits per heavy atom. The van der Waals surface area contributed by atoms with Crippen molar-refractivity contribution < 1.29 is 32.6 Å². The van der Waals surface area contributed by atoms with Crippen molar-refractivity contribution in [3.05, 3.63) is 87.7 Å². The molecule has 0 bridgehead atoms. The Kier molecular flexibility index (Phi) is 9.76. The van der Waals surface area contributed by atoms with Gasteiger partial charge in [-0.25, -0.2) is 4.79 Å². The number of hydrogen-bond donors (Lipinski definition) is 3. The molecule has 39 heavy (non-hydrogen) atoms. The monoisotopic (exact) mass is 565 g/mol. The van der Waals surface area contributed by atoms with E-state index in [1.165, 1.54) is 26.0 Å². The maximum absolute atomic E-state index is 13.3. The first-order valence-corrected chi connectivity index (χ1v) is 12.3. The van der Waals surface area contributed by atoms with Crippen LogP contribution >= 0.6 is 11.6 Å². The molecule has 2 atom stereocenters. The Balaban J connectivity index is 1.89. The zero-order chi connectivity index (χ0) is 28.7. The molecular formula is C27H27ClF3N3O5. The van der Waals surface area contributed by atoms with Crippen LogP contribution in [0.5, 0.6) is 0 Å². The van der Waals surface area contributed by atoms with E-state index in [9.17, 15) is 32.7 Å². The fourth-order valence-corrected chi connectivity index (χ4v) is 3.89. The van der Waals surface area contributed by atoms with Gasteiger partial charge in [0.2, 0.25) is 5.91 Å². The molecule has 12 heteroatoms. The quantitative estimate of drug-likeness (QED) is 0.339. The summed E-state index contributed by atoms with van der Waals surface area (Å²) in [5.41, 5.74) is 0.437. The molecule has 1 aromatic heterocycles. The fraction of sp³-hybridized carbons (Fsp3) is 0.296. The SMILES string of the molecule is CC(C)C(NC(=O)Cn1c(-c2ccc(Cl)cc2)ccc(NC(=O)OCc2ccccc2)c1=O)C(O)C(F)(F)F. The highest BCUT2D eigenvalue weighted by molar-refractivity contribution is 6.30. The van der Waals surface area contributed by atoms with Crippen LogP contribution < -0.4 is 16.2 Å². The predicted octanol–water partition coefficient (Wildman–Crippen LogP) is 4.98. The first kappa shape index (κ1) is 29.7. The molecule has 0 aliphatic heterocycles. The van der Waals surface area contributed by atoms with Crippen LogP contribution in [-0.4, -0.2) is 40.0 Å². The van der Waals surface area contributed by atoms with E-state index in [0.29, 0.717) is 10.6 Å². The third-order valence-electron chi connectivity index (χ3n) is 5.79. The number of nitrogens with one attached hydrogen (secondary N) is 2. The van der Waals surface area contributed by atoms with Gasteiger partial charge in [0.15, 0.2) is 6.10 Å². The zero-order valence-corrected chi connectivity index (χ0v) is 21.8. The van der Waals surface area contributed by atoms with Crippen molar-refractivity contribution in [2.24, 2.45) is 5.92 Å². The van der Waals surface area contributed by atoms with Crippen LogP contribution in [0.15, 0.2) is 71.5 Å². The minimum atomic E-state index is -4.96. The maximum Gasteiger partial charge on any atom is 0.416 e. The molecule has 208 valence electrons. The van der Waals surface area contributed by atoms with Crippen LogP contribution in [0.3, 0.4) is 0 Å². The minimum absolute atomic E-state index is 0.0513. The summed E-state index contributed by atoms with van der Waals surface area (Å²) < 4.78 is 45.6. The van der Waals surface area contributed by atoms with Crippen LogP contribution in [0.2, 0.25) is 5.02 Å². The number of hydrogen-bond acceptors (Lipinski definition) is 5. The van der Waals surface area contributed by atoms with Gasteiger partial charge in [0.05, 0.1) is 11.7 Å². The Labute approximate surface area is 227 Å². The number of halogens is 4. The molecule has 2 aromatic carbocycles. The van der Waals surface area contributed by atoms with E-state index < -0.39 is 48.3 Å². The minimum Gasteiger partial charge on any atom is -0.444 e. The predicted molar refractivity (Wildman–Crippen MR) is 140 cm³/mol. The van der Waals surface area contributed by atoms with Gasteiger partial charge in [0, 0.05) is 5.02 Å². The number of alkyl halides is 3. The Morgan fingerprint density at radius 3 is 2.26 bits per heavy atom. The number of rotatable bonds is 9. The smallest absolute Gasteiger partial charge is 0.416 e. The van der Waals surface area contributed by atoms with E-state index >= 15 is 0 Å². The summed E-state index contributed by atoms with van der Waals surface area (Å²) in [5.74, 6) is -1.72. The van der Waals surface area contributed by atoms with Crippen LogP contribution in [0.1, 0.15) is 19.4 Å². The Bertz CT molecular complexity index is 1350. The summed E-state index contributed by atoms with van der Waals surface area (Å²) in [6.07, 6.45) is -8.68. The molecular weight excluding hydrogens is 539 g/mol. The molecule has 8 nitrogen and oxygen atoms in total. The molecule has 3 N–H and O–H groups in total. The number of carbonyl (C=O) groups excluding carboxylic acids is 2. The molecule has 0 fully saturated rings. The number of aliphatic hydroxyl groups is 1. The normalized spacial score (nSPS) is 13.0. The number of ether oxygens (including phenoxy) is 1. The Hall–Kier alpha value is -3.83. The maximum atomic E-state index is 13.3. The highest BCUT2D eigenvalue weighted by Gasteiger charge is 2.45. The lowest BCUT2D eigenvalue weighted by Gasteiger charge is -2.29. The molecule has 2 unspecified atom stereocenters. The standard InChI is InChI=1S/C27H27ClF3N3O5/c1-16(2)23(24(36)27(29,30)31)33-22(35)14-34-21(18-8-10-19(28)11-9-18)13-12-20(25(34)37)32-26(38)39-15-17-6-4-3-5-7-17/h3-13,16,23-24,36H,14-15H2,1-2H3,(H,32,38)(H,33,35). The number of anilines is 1. The molecule has 0 aliphatic carbocycles. The van der Waals surface area contributed by atoms with E-state index in [1.54, 1.807) is 54.6 Å². The van der Waals surface area contributed by atoms with Crippen LogP contribution in [-0.2, 0) is 22.7 Å². The van der Waals surface area contributed by atoms with Crippen molar-refractivity contribution in [3.63, 3.8) is 0 Å². The van der Waals surface area contributed by atoms with Gasteiger partial charge >= 0.3 is 12.3 Å². The molecule has 0 saturated heterocycles. The highest BCUT2D eigenvalue weighted by Crippen LogP contribution is 2.26. The van der Waals surface area contributed by atoms with Crippen molar-refractivity contribution >= 4 is 29.3 Å². The second-order valence-corrected chi connectivity index (χ2v) is 9.48. The summed E-state index contributed by atoms with van der Waals surface area (Å²) in [5, 5.41) is 14.7. The van der Waals surface area contributed by atoms with Crippen LogP contribution in [0.4, 0.5) is 23.7 Å². The van der Waals surface area contributed by atoms with Gasteiger partial charge in [0.25, 0.3) is 5.56 Å². The molecule has 0 saturated carbocycles. The van der Waals surface area contributed by atoms with Crippen molar-refractivity contribution in [1.82, 2.24) is 9.88 Å². The molecule has 3 aromatic rings. The summed E-state index contributed by atoms with van der Waals surface area (Å²) in [6.45, 7) is 2.08. The van der Waals surface area contributed by atoms with Crippen LogP contribution in [0.25, 0.3) is 11.3 Å². The van der Waals surface area contributed by atoms with Gasteiger partial charge < -0.3 is 15.2 Å². The molecule has 0 spiro atoms. The summed E-state index contributed by atoms with van der Waals surface area (Å²) in [4.78, 5) is 38.5. The third-order valence-corrected chi connectivity index (χ3v) is 6.04. The zero-order valence-electron chi connectivity index (χ0n) is 21.0. The first-order valence-electron chi connectivity index (χ1n) is 11.9. The topological polar surface area (TPSA) is 110 Å². The van der Waals surface area contributed by atoms with Gasteiger partial charge in [-0.1, -0.05) is 67.9 Å². The largest absolute Gasteiger partial charge is 0.444 e. The second kappa shape index (κ2) is 12.8. The van der Waals surface area contributed by atoms with Gasteiger partial charge in [-0.05, 0) is 41.3 Å². The number of pyridine rings is 1. The van der Waals surface area contributed by atoms with Crippen molar-refractivity contribution in [3.8, 4) is 11.3 Å². The first-order chi connectivity index (χ1) is 18.4. The second-order valence-electron chi connectivity index (χ2n) is 9.04. The molecule has 3 rings (SSSR count). The summed E-state index contributed by atoms with van der Waals surface area (Å²) in [6, 6.07) is 16.3. The summed E-state index contributed by atoms with van der Waals surface area (Å²) in [7, 11) is 0. The Morgan fingerprint density at radius 2 is 1.67 bits per heavy atom. The number of aromatic nitrogens is 1. The van der Waals surface area contributed by atoms with E-state index in [0.717, 1.165) is 10.1 Å². The van der Waals surface area contributed by atoms with Crippen molar-refractivity contribution in [1.29, 1.82) is 0 Å². The number of amides is 2. The van der Waals surface area contributed by atoms with E-state index in [4.69, 9.17) is 16.3 Å². The van der Waals surface area contributed by atoms with Gasteiger partial charge in [-0.3, -0.25) is 19.5 Å². The van der Waals surface area contributed by atoms with Gasteiger partial charge in [0.1, 0.15) is 18.8 Å². The van der Waals surface area contributed by atoms with E-state index in [2.05, 4.69) is 10.6 Å². The number of aliphatic hydroxyl groups excluding tert-OH is 1. The lowest BCUT2D eigenvalue weighted by Crippen LogP contribution is -2.53. The van der Waals surface area contributed by atoms with Crippen molar-refractivity contribution in [2.45, 2.75) is 45.3 Å². The fourth-order valence-electron chi connectivity index (χ4n) is 3.76. The number of benzene rings is 2. The summed E-state index contributed by atoms with van der Waals surface area (Å²) >= 11 is 5.95. The molecule has 0 radical (unpaired) electrons. The van der Waals surface area contributed by atoms with E-state index in [1.807, 2.05) is 0 Å².